The Bertz CT molecular complexity index is 2220. The number of fused-ring (bicyclic) bond motifs is 8. The molecule has 0 saturated carbocycles. The SMILES string of the molecule is CCCCCCc1cc2c3ccccc3c3ccccc3c2c2c1OC(c1ccccc1)(c1ccc(Nc3ccccc3)cc1)C=C2. The minimum Gasteiger partial charge on any atom is -0.473 e. The molecule has 1 heterocycles. The average Bonchev–Trinajstić information content (AvgIpc) is 3.14. The van der Waals surface area contributed by atoms with Crippen molar-refractivity contribution in [2.45, 2.75) is 44.6 Å². The van der Waals surface area contributed by atoms with Gasteiger partial charge in [-0.3, -0.25) is 0 Å². The Balaban J connectivity index is 1.33. The van der Waals surface area contributed by atoms with Gasteiger partial charge in [0.25, 0.3) is 0 Å². The van der Waals surface area contributed by atoms with Crippen LogP contribution < -0.4 is 10.1 Å². The molecule has 0 fully saturated rings. The number of para-hydroxylation sites is 1. The molecule has 0 amide bonds. The van der Waals surface area contributed by atoms with Gasteiger partial charge in [0.1, 0.15) is 5.75 Å². The number of benzene rings is 7. The molecule has 1 aliphatic rings. The van der Waals surface area contributed by atoms with Crippen molar-refractivity contribution in [3.63, 3.8) is 0 Å². The second kappa shape index (κ2) is 12.5. The van der Waals surface area contributed by atoms with Crippen LogP contribution in [0.15, 0.2) is 146 Å². The summed E-state index contributed by atoms with van der Waals surface area (Å²) in [4.78, 5) is 0. The van der Waals surface area contributed by atoms with Gasteiger partial charge in [0.2, 0.25) is 0 Å². The van der Waals surface area contributed by atoms with Crippen LogP contribution in [0.1, 0.15) is 54.9 Å². The monoisotopic (exact) mass is 609 g/mol. The summed E-state index contributed by atoms with van der Waals surface area (Å²) in [6.07, 6.45) is 10.5. The van der Waals surface area contributed by atoms with E-state index in [2.05, 4.69) is 158 Å². The van der Waals surface area contributed by atoms with Crippen molar-refractivity contribution >= 4 is 49.8 Å². The highest BCUT2D eigenvalue weighted by Crippen LogP contribution is 2.49. The summed E-state index contributed by atoms with van der Waals surface area (Å²) in [6.45, 7) is 2.28. The first kappa shape index (κ1) is 29.1. The van der Waals surface area contributed by atoms with Gasteiger partial charge in [-0.2, -0.15) is 0 Å². The summed E-state index contributed by atoms with van der Waals surface area (Å²) < 4.78 is 7.50. The van der Waals surface area contributed by atoms with Crippen molar-refractivity contribution in [1.29, 1.82) is 0 Å². The van der Waals surface area contributed by atoms with Gasteiger partial charge in [-0.25, -0.2) is 0 Å². The summed E-state index contributed by atoms with van der Waals surface area (Å²) in [5, 5.41) is 11.3. The largest absolute Gasteiger partial charge is 0.473 e. The van der Waals surface area contributed by atoms with E-state index in [1.807, 2.05) is 6.07 Å². The van der Waals surface area contributed by atoms with Crippen LogP contribution in [-0.4, -0.2) is 0 Å². The van der Waals surface area contributed by atoms with Crippen LogP contribution in [0, 0.1) is 0 Å². The first-order chi connectivity index (χ1) is 23.2. The van der Waals surface area contributed by atoms with E-state index >= 15 is 0 Å². The van der Waals surface area contributed by atoms with E-state index in [1.165, 1.54) is 62.7 Å². The molecule has 0 saturated heterocycles. The molecule has 1 N–H and O–H groups in total. The van der Waals surface area contributed by atoms with Crippen molar-refractivity contribution in [3.05, 3.63) is 168 Å². The third kappa shape index (κ3) is 5.24. The van der Waals surface area contributed by atoms with E-state index < -0.39 is 5.60 Å². The highest BCUT2D eigenvalue weighted by atomic mass is 16.5. The number of aryl methyl sites for hydroxylation is 1. The van der Waals surface area contributed by atoms with Gasteiger partial charge in [-0.05, 0) is 87.8 Å². The highest BCUT2D eigenvalue weighted by Gasteiger charge is 2.38. The van der Waals surface area contributed by atoms with E-state index in [1.54, 1.807) is 0 Å². The summed E-state index contributed by atoms with van der Waals surface area (Å²) in [5.74, 6) is 1.01. The van der Waals surface area contributed by atoms with Crippen molar-refractivity contribution < 1.29 is 4.74 Å². The first-order valence-corrected chi connectivity index (χ1v) is 17.0. The quantitative estimate of drug-likeness (QED) is 0.130. The molecule has 0 bridgehead atoms. The summed E-state index contributed by atoms with van der Waals surface area (Å²) >= 11 is 0. The number of rotatable bonds is 9. The van der Waals surface area contributed by atoms with Crippen molar-refractivity contribution in [1.82, 2.24) is 0 Å². The second-order valence-corrected chi connectivity index (χ2v) is 12.7. The molecular formula is C45H39NO. The lowest BCUT2D eigenvalue weighted by atomic mass is 9.81. The van der Waals surface area contributed by atoms with Crippen molar-refractivity contribution in [2.75, 3.05) is 5.32 Å². The van der Waals surface area contributed by atoms with Crippen molar-refractivity contribution in [3.8, 4) is 5.75 Å². The molecule has 1 unspecified atom stereocenters. The predicted molar refractivity (Wildman–Crippen MR) is 200 cm³/mol. The molecule has 7 aromatic rings. The smallest absolute Gasteiger partial charge is 0.178 e. The number of ether oxygens (including phenoxy) is 1. The van der Waals surface area contributed by atoms with Crippen LogP contribution in [0.25, 0.3) is 38.4 Å². The van der Waals surface area contributed by atoms with Gasteiger partial charge < -0.3 is 10.1 Å². The Morgan fingerprint density at radius 1 is 0.553 bits per heavy atom. The number of unbranched alkanes of at least 4 members (excludes halogenated alkanes) is 3. The topological polar surface area (TPSA) is 21.3 Å². The van der Waals surface area contributed by atoms with Crippen LogP contribution in [0.3, 0.4) is 0 Å². The second-order valence-electron chi connectivity index (χ2n) is 12.7. The molecule has 2 heteroatoms. The Morgan fingerprint density at radius 3 is 1.83 bits per heavy atom. The lowest BCUT2D eigenvalue weighted by Gasteiger charge is -2.37. The predicted octanol–water partition coefficient (Wildman–Crippen LogP) is 12.4. The van der Waals surface area contributed by atoms with Crippen LogP contribution in [0.5, 0.6) is 5.75 Å². The van der Waals surface area contributed by atoms with E-state index in [0.717, 1.165) is 41.1 Å². The fraction of sp³-hybridized carbons (Fsp3) is 0.156. The number of hydrogen-bond donors (Lipinski definition) is 1. The van der Waals surface area contributed by atoms with Gasteiger partial charge in [-0.15, -0.1) is 0 Å². The van der Waals surface area contributed by atoms with Crippen molar-refractivity contribution in [2.24, 2.45) is 0 Å². The summed E-state index contributed by atoms with van der Waals surface area (Å²) in [6, 6.07) is 49.9. The zero-order valence-corrected chi connectivity index (χ0v) is 26.9. The molecule has 8 rings (SSSR count). The third-order valence-electron chi connectivity index (χ3n) is 9.72. The number of anilines is 2. The number of nitrogens with one attached hydrogen (secondary N) is 1. The fourth-order valence-electron chi connectivity index (χ4n) is 7.39. The summed E-state index contributed by atoms with van der Waals surface area (Å²) in [7, 11) is 0. The molecule has 230 valence electrons. The highest BCUT2D eigenvalue weighted by molar-refractivity contribution is 6.27. The molecule has 1 atom stereocenters. The summed E-state index contributed by atoms with van der Waals surface area (Å²) in [5.41, 5.74) is 6.04. The third-order valence-corrected chi connectivity index (χ3v) is 9.72. The maximum absolute atomic E-state index is 7.50. The minimum atomic E-state index is -0.766. The van der Waals surface area contributed by atoms with E-state index in [9.17, 15) is 0 Å². The average molecular weight is 610 g/mol. The van der Waals surface area contributed by atoms with Gasteiger partial charge in [0.05, 0.1) is 0 Å². The maximum Gasteiger partial charge on any atom is 0.178 e. The van der Waals surface area contributed by atoms with Crippen LogP contribution in [0.2, 0.25) is 0 Å². The number of hydrogen-bond acceptors (Lipinski definition) is 2. The lowest BCUT2D eigenvalue weighted by Crippen LogP contribution is -2.34. The Hall–Kier alpha value is -5.34. The van der Waals surface area contributed by atoms with Gasteiger partial charge in [-0.1, -0.05) is 135 Å². The van der Waals surface area contributed by atoms with E-state index in [4.69, 9.17) is 4.74 Å². The maximum atomic E-state index is 7.50. The zero-order chi connectivity index (χ0) is 31.6. The molecule has 0 spiro atoms. The Kier molecular flexibility index (Phi) is 7.71. The molecule has 0 radical (unpaired) electrons. The fourth-order valence-corrected chi connectivity index (χ4v) is 7.39. The molecule has 0 aliphatic carbocycles. The van der Waals surface area contributed by atoms with Gasteiger partial charge in [0, 0.05) is 33.5 Å². The van der Waals surface area contributed by atoms with Gasteiger partial charge in [0.15, 0.2) is 5.60 Å². The normalized spacial score (nSPS) is 15.5. The Morgan fingerprint density at radius 2 is 1.13 bits per heavy atom. The molecule has 7 aromatic carbocycles. The standard InChI is InChI=1S/C45H39NO/c1-2-3-4-7-16-32-31-42-39-23-13-12-21-37(39)38-22-14-15-24-40(38)43(42)41-29-30-45(47-44(32)41,33-17-8-5-9-18-33)34-25-27-36(28-26-34)46-35-19-10-6-11-20-35/h5-6,8-15,17-31,46H,2-4,7,16H2,1H3. The van der Waals surface area contributed by atoms with Crippen LogP contribution >= 0.6 is 0 Å². The molecule has 47 heavy (non-hydrogen) atoms. The van der Waals surface area contributed by atoms with E-state index in [0.29, 0.717) is 0 Å². The first-order valence-electron chi connectivity index (χ1n) is 17.0. The Labute approximate surface area is 277 Å². The van der Waals surface area contributed by atoms with Gasteiger partial charge >= 0.3 is 0 Å². The zero-order valence-electron chi connectivity index (χ0n) is 26.9. The van der Waals surface area contributed by atoms with Crippen LogP contribution in [-0.2, 0) is 12.0 Å². The van der Waals surface area contributed by atoms with Crippen LogP contribution in [0.4, 0.5) is 11.4 Å². The molecule has 1 aliphatic heterocycles. The minimum absolute atomic E-state index is 0.766. The van der Waals surface area contributed by atoms with E-state index in [-0.39, 0.29) is 0 Å². The molecular weight excluding hydrogens is 571 g/mol. The lowest BCUT2D eigenvalue weighted by molar-refractivity contribution is 0.159. The molecule has 2 nitrogen and oxygen atoms in total. The molecule has 0 aromatic heterocycles.